The summed E-state index contributed by atoms with van der Waals surface area (Å²) in [5.41, 5.74) is 2.47. The van der Waals surface area contributed by atoms with E-state index in [9.17, 15) is 8.78 Å². The molecule has 3 aromatic rings. The van der Waals surface area contributed by atoms with Crippen LogP contribution in [-0.4, -0.2) is 22.6 Å². The van der Waals surface area contributed by atoms with Gasteiger partial charge in [-0.2, -0.15) is 8.78 Å². The number of fused-ring (bicyclic) bond motifs is 3. The molecule has 1 fully saturated rings. The van der Waals surface area contributed by atoms with E-state index in [4.69, 9.17) is 0 Å². The van der Waals surface area contributed by atoms with Crippen LogP contribution in [0.2, 0.25) is 0 Å². The molecule has 0 aliphatic carbocycles. The van der Waals surface area contributed by atoms with Crippen molar-refractivity contribution >= 4 is 27.5 Å². The van der Waals surface area contributed by atoms with E-state index in [-0.39, 0.29) is 0 Å². The highest BCUT2D eigenvalue weighted by Gasteiger charge is 2.29. The monoisotopic (exact) mass is 357 g/mol. The van der Waals surface area contributed by atoms with Crippen LogP contribution in [0.5, 0.6) is 0 Å². The first-order valence-electron chi connectivity index (χ1n) is 9.27. The van der Waals surface area contributed by atoms with Gasteiger partial charge < -0.3 is 4.90 Å². The number of nitrogens with zero attached hydrogens (tertiary/aromatic N) is 3. The molecule has 5 heteroatoms. The molecular formula is C21H25F2N3. The predicted octanol–water partition coefficient (Wildman–Crippen LogP) is 5.85. The van der Waals surface area contributed by atoms with Gasteiger partial charge in [-0.15, -0.1) is 0 Å². The van der Waals surface area contributed by atoms with Crippen molar-refractivity contribution in [3.05, 3.63) is 36.7 Å². The summed E-state index contributed by atoms with van der Waals surface area (Å²) in [6.45, 7) is 6.28. The van der Waals surface area contributed by atoms with Crippen molar-refractivity contribution in [3.63, 3.8) is 0 Å². The first kappa shape index (κ1) is 17.3. The largest absolute Gasteiger partial charge is 0.371 e. The van der Waals surface area contributed by atoms with Gasteiger partial charge in [0, 0.05) is 41.9 Å². The van der Waals surface area contributed by atoms with Crippen molar-refractivity contribution in [3.8, 4) is 0 Å². The fourth-order valence-corrected chi connectivity index (χ4v) is 4.29. The second kappa shape index (κ2) is 6.22. The van der Waals surface area contributed by atoms with E-state index in [1.165, 1.54) is 0 Å². The van der Waals surface area contributed by atoms with E-state index in [2.05, 4.69) is 36.7 Å². The number of hydrogen-bond acceptors (Lipinski definition) is 2. The van der Waals surface area contributed by atoms with Gasteiger partial charge in [-0.1, -0.05) is 26.8 Å². The Hall–Kier alpha value is -2.17. The molecule has 0 amide bonds. The first-order chi connectivity index (χ1) is 12.4. The second-order valence-electron chi connectivity index (χ2n) is 8.37. The number of hydrogen-bond donors (Lipinski definition) is 0. The molecule has 2 aromatic heterocycles. The molecule has 0 unspecified atom stereocenters. The normalized spacial score (nSPS) is 16.9. The lowest BCUT2D eigenvalue weighted by Crippen LogP contribution is -2.38. The molecule has 0 radical (unpaired) electrons. The maximum atomic E-state index is 13.7. The van der Waals surface area contributed by atoms with Crippen LogP contribution in [0.4, 0.5) is 14.5 Å². The van der Waals surface area contributed by atoms with Gasteiger partial charge in [-0.05, 0) is 42.4 Å². The van der Waals surface area contributed by atoms with E-state index in [0.29, 0.717) is 22.4 Å². The van der Waals surface area contributed by atoms with Crippen LogP contribution in [0.25, 0.3) is 21.8 Å². The molecule has 0 atom stereocenters. The lowest BCUT2D eigenvalue weighted by molar-refractivity contribution is 0.0796. The zero-order valence-electron chi connectivity index (χ0n) is 15.5. The summed E-state index contributed by atoms with van der Waals surface area (Å²) in [5, 5.41) is 1.61. The summed E-state index contributed by atoms with van der Waals surface area (Å²) in [7, 11) is 0. The Morgan fingerprint density at radius 3 is 2.42 bits per heavy atom. The minimum absolute atomic E-state index is 0.325. The highest BCUT2D eigenvalue weighted by molar-refractivity contribution is 6.08. The molecule has 0 N–H and O–H groups in total. The van der Waals surface area contributed by atoms with Crippen LogP contribution in [0.15, 0.2) is 36.7 Å². The Balaban J connectivity index is 1.72. The summed E-state index contributed by atoms with van der Waals surface area (Å²) < 4.78 is 28.6. The third-order valence-electron chi connectivity index (χ3n) is 5.87. The number of anilines is 1. The van der Waals surface area contributed by atoms with Gasteiger partial charge in [0.2, 0.25) is 0 Å². The van der Waals surface area contributed by atoms with Gasteiger partial charge in [0.25, 0.3) is 0 Å². The number of pyridine rings is 1. The van der Waals surface area contributed by atoms with Gasteiger partial charge in [0.1, 0.15) is 0 Å². The topological polar surface area (TPSA) is 21.1 Å². The molecule has 3 nitrogen and oxygen atoms in total. The zero-order valence-corrected chi connectivity index (χ0v) is 15.5. The molecule has 138 valence electrons. The minimum Gasteiger partial charge on any atom is -0.371 e. The Morgan fingerprint density at radius 1 is 1.04 bits per heavy atom. The number of piperidine rings is 1. The maximum absolute atomic E-state index is 13.7. The Kier molecular flexibility index (Phi) is 4.13. The molecule has 0 bridgehead atoms. The third-order valence-corrected chi connectivity index (χ3v) is 5.87. The summed E-state index contributed by atoms with van der Waals surface area (Å²) in [6.07, 6.45) is 5.52. The molecule has 1 aromatic carbocycles. The van der Waals surface area contributed by atoms with E-state index in [1.54, 1.807) is 18.5 Å². The quantitative estimate of drug-likeness (QED) is 0.574. The van der Waals surface area contributed by atoms with Crippen LogP contribution in [0.1, 0.15) is 40.2 Å². The number of benzene rings is 1. The average molecular weight is 357 g/mol. The van der Waals surface area contributed by atoms with E-state index < -0.39 is 6.55 Å². The third kappa shape index (κ3) is 2.83. The molecule has 3 heterocycles. The Morgan fingerprint density at radius 2 is 1.77 bits per heavy atom. The summed E-state index contributed by atoms with van der Waals surface area (Å²) in [5.74, 6) is 0.709. The molecule has 1 saturated heterocycles. The maximum Gasteiger partial charge on any atom is 0.319 e. The van der Waals surface area contributed by atoms with Gasteiger partial charge >= 0.3 is 6.55 Å². The van der Waals surface area contributed by atoms with Gasteiger partial charge in [0.15, 0.2) is 0 Å². The molecule has 0 saturated carbocycles. The smallest absolute Gasteiger partial charge is 0.319 e. The van der Waals surface area contributed by atoms with Crippen LogP contribution >= 0.6 is 0 Å². The van der Waals surface area contributed by atoms with Gasteiger partial charge in [-0.25, -0.2) is 0 Å². The van der Waals surface area contributed by atoms with Gasteiger partial charge in [0.05, 0.1) is 11.0 Å². The highest BCUT2D eigenvalue weighted by Crippen LogP contribution is 2.38. The zero-order chi connectivity index (χ0) is 18.5. The van der Waals surface area contributed by atoms with Crippen molar-refractivity contribution in [2.75, 3.05) is 18.0 Å². The fourth-order valence-electron chi connectivity index (χ4n) is 4.29. The van der Waals surface area contributed by atoms with E-state index >= 15 is 0 Å². The average Bonchev–Trinajstić information content (AvgIpc) is 2.95. The van der Waals surface area contributed by atoms with E-state index in [0.717, 1.165) is 47.0 Å². The van der Waals surface area contributed by atoms with Crippen molar-refractivity contribution in [2.45, 2.75) is 40.2 Å². The molecule has 0 spiro atoms. The molecule has 1 aliphatic heterocycles. The SMILES string of the molecule is CC(C)(C)C1CCN(c2ccc3c4cnccc4n(C(F)F)c3c2)CC1. The van der Waals surface area contributed by atoms with Crippen molar-refractivity contribution in [2.24, 2.45) is 11.3 Å². The number of rotatable bonds is 2. The Bertz CT molecular complexity index is 931. The lowest BCUT2D eigenvalue weighted by Gasteiger charge is -2.39. The molecule has 1 aliphatic rings. The van der Waals surface area contributed by atoms with Crippen LogP contribution in [-0.2, 0) is 0 Å². The number of halogens is 2. The molecule has 4 rings (SSSR count). The summed E-state index contributed by atoms with van der Waals surface area (Å²) in [4.78, 5) is 6.44. The fraction of sp³-hybridized carbons (Fsp3) is 0.476. The van der Waals surface area contributed by atoms with Crippen LogP contribution in [0, 0.1) is 11.3 Å². The number of alkyl halides is 2. The van der Waals surface area contributed by atoms with Gasteiger partial charge in [-0.3, -0.25) is 9.55 Å². The van der Waals surface area contributed by atoms with Crippen LogP contribution in [0.3, 0.4) is 0 Å². The van der Waals surface area contributed by atoms with Crippen LogP contribution < -0.4 is 4.90 Å². The van der Waals surface area contributed by atoms with E-state index in [1.807, 2.05) is 12.1 Å². The minimum atomic E-state index is -2.57. The predicted molar refractivity (Wildman–Crippen MR) is 103 cm³/mol. The molecular weight excluding hydrogens is 332 g/mol. The lowest BCUT2D eigenvalue weighted by atomic mass is 9.75. The summed E-state index contributed by atoms with van der Waals surface area (Å²) in [6, 6.07) is 7.60. The van der Waals surface area contributed by atoms with Crippen molar-refractivity contribution < 1.29 is 8.78 Å². The first-order valence-corrected chi connectivity index (χ1v) is 9.27. The number of aromatic nitrogens is 2. The Labute approximate surface area is 152 Å². The standard InChI is InChI=1S/C21H25F2N3/c1-21(2,3)14-7-10-25(11-8-14)15-4-5-16-17-13-24-9-6-18(17)26(20(22)23)19(16)12-15/h4-6,9,12-14,20H,7-8,10-11H2,1-3H3. The highest BCUT2D eigenvalue weighted by atomic mass is 19.3. The molecule has 26 heavy (non-hydrogen) atoms. The second-order valence-corrected chi connectivity index (χ2v) is 8.37. The summed E-state index contributed by atoms with van der Waals surface area (Å²) >= 11 is 0. The van der Waals surface area contributed by atoms with Crippen molar-refractivity contribution in [1.82, 2.24) is 9.55 Å². The van der Waals surface area contributed by atoms with Crippen molar-refractivity contribution in [1.29, 1.82) is 0 Å².